The number of amides is 2. The van der Waals surface area contributed by atoms with Crippen molar-refractivity contribution in [3.63, 3.8) is 0 Å². The molecule has 1 atom stereocenters. The second kappa shape index (κ2) is 9.76. The van der Waals surface area contributed by atoms with Crippen LogP contribution >= 0.6 is 0 Å². The highest BCUT2D eigenvalue weighted by Crippen LogP contribution is 2.21. The molecule has 0 radical (unpaired) electrons. The van der Waals surface area contributed by atoms with Crippen LogP contribution in [-0.2, 0) is 4.79 Å². The lowest BCUT2D eigenvalue weighted by Gasteiger charge is -2.35. The number of piperidine rings is 2. The van der Waals surface area contributed by atoms with Crippen molar-refractivity contribution in [2.75, 3.05) is 31.1 Å². The van der Waals surface area contributed by atoms with E-state index in [1.54, 1.807) is 17.3 Å². The zero-order chi connectivity index (χ0) is 20.8. The Balaban J connectivity index is 1.49. The minimum atomic E-state index is -1.18. The molecule has 2 N–H and O–H groups in total. The van der Waals surface area contributed by atoms with E-state index >= 15 is 0 Å². The molecule has 1 aromatic rings. The number of nitrogens with one attached hydrogen (secondary N) is 1. The van der Waals surface area contributed by atoms with Crippen LogP contribution in [0.25, 0.3) is 0 Å². The average molecular weight is 405 g/mol. The van der Waals surface area contributed by atoms with Gasteiger partial charge < -0.3 is 25.0 Å². The van der Waals surface area contributed by atoms with E-state index in [-0.39, 0.29) is 17.9 Å². The maximum absolute atomic E-state index is 12.7. The van der Waals surface area contributed by atoms with Gasteiger partial charge in [0.05, 0.1) is 12.4 Å². The van der Waals surface area contributed by atoms with Crippen LogP contribution in [0.2, 0.25) is 0 Å². The smallest absolute Gasteiger partial charge is 0.405 e. The maximum Gasteiger partial charge on any atom is 0.405 e. The summed E-state index contributed by atoms with van der Waals surface area (Å²) in [5.41, 5.74) is 0. The van der Waals surface area contributed by atoms with Gasteiger partial charge in [-0.15, -0.1) is 0 Å². The Hall–Kier alpha value is -2.58. The summed E-state index contributed by atoms with van der Waals surface area (Å²) in [4.78, 5) is 36.4. The molecule has 0 bridgehead atoms. The summed E-state index contributed by atoms with van der Waals surface area (Å²) in [7, 11) is 0. The van der Waals surface area contributed by atoms with Crippen LogP contribution in [0.15, 0.2) is 12.4 Å². The van der Waals surface area contributed by atoms with Crippen LogP contribution < -0.4 is 15.0 Å². The molecule has 1 aromatic heterocycles. The average Bonchev–Trinajstić information content (AvgIpc) is 2.73. The van der Waals surface area contributed by atoms with Crippen molar-refractivity contribution in [3.05, 3.63) is 12.4 Å². The Morgan fingerprint density at radius 2 is 1.72 bits per heavy atom. The molecule has 2 aliphatic heterocycles. The monoisotopic (exact) mass is 405 g/mol. The van der Waals surface area contributed by atoms with Gasteiger partial charge in [-0.1, -0.05) is 13.8 Å². The molecular formula is C20H31N5O4. The fourth-order valence-corrected chi connectivity index (χ4v) is 3.86. The van der Waals surface area contributed by atoms with Gasteiger partial charge in [0.1, 0.15) is 12.1 Å². The van der Waals surface area contributed by atoms with E-state index < -0.39 is 12.1 Å². The summed E-state index contributed by atoms with van der Waals surface area (Å²) in [5.74, 6) is 1.12. The minimum absolute atomic E-state index is 0.00609. The van der Waals surface area contributed by atoms with Gasteiger partial charge in [-0.2, -0.15) is 0 Å². The number of aromatic nitrogens is 2. The van der Waals surface area contributed by atoms with Gasteiger partial charge in [-0.05, 0) is 25.2 Å². The van der Waals surface area contributed by atoms with Gasteiger partial charge in [-0.25, -0.2) is 14.8 Å². The van der Waals surface area contributed by atoms with Crippen LogP contribution in [0.4, 0.5) is 10.7 Å². The van der Waals surface area contributed by atoms with Crippen molar-refractivity contribution < 1.29 is 19.4 Å². The third-order valence-corrected chi connectivity index (χ3v) is 5.52. The number of carboxylic acid groups (broad SMARTS) is 1. The minimum Gasteiger partial charge on any atom is -0.487 e. The van der Waals surface area contributed by atoms with E-state index in [0.717, 1.165) is 19.0 Å². The van der Waals surface area contributed by atoms with Crippen LogP contribution in [-0.4, -0.2) is 70.3 Å². The summed E-state index contributed by atoms with van der Waals surface area (Å²) in [5, 5.41) is 11.3. The second-order valence-corrected chi connectivity index (χ2v) is 8.08. The molecule has 0 unspecified atom stereocenters. The van der Waals surface area contributed by atoms with E-state index in [2.05, 4.69) is 20.2 Å². The number of hydrogen-bond donors (Lipinski definition) is 2. The molecule has 2 fully saturated rings. The van der Waals surface area contributed by atoms with E-state index in [0.29, 0.717) is 31.7 Å². The number of nitrogens with zero attached hydrogens (tertiary/aromatic N) is 4. The Morgan fingerprint density at radius 3 is 2.28 bits per heavy atom. The number of likely N-dealkylation sites (tertiary alicyclic amines) is 1. The molecule has 9 heteroatoms. The fourth-order valence-electron chi connectivity index (χ4n) is 3.86. The number of anilines is 1. The highest BCUT2D eigenvalue weighted by Gasteiger charge is 2.31. The van der Waals surface area contributed by atoms with Crippen molar-refractivity contribution in [2.45, 2.75) is 58.1 Å². The first-order valence-corrected chi connectivity index (χ1v) is 10.5. The largest absolute Gasteiger partial charge is 0.487 e. The number of rotatable bonds is 6. The van der Waals surface area contributed by atoms with Crippen LogP contribution in [0.5, 0.6) is 5.75 Å². The molecule has 2 saturated heterocycles. The fraction of sp³-hybridized carbons (Fsp3) is 0.700. The third-order valence-electron chi connectivity index (χ3n) is 5.52. The van der Waals surface area contributed by atoms with Crippen molar-refractivity contribution in [1.29, 1.82) is 0 Å². The molecule has 2 amide bonds. The predicted octanol–water partition coefficient (Wildman–Crippen LogP) is 2.13. The summed E-state index contributed by atoms with van der Waals surface area (Å²) in [6.45, 7) is 6.76. The Labute approximate surface area is 171 Å². The van der Waals surface area contributed by atoms with Gasteiger partial charge in [0.15, 0.2) is 5.75 Å². The van der Waals surface area contributed by atoms with Crippen molar-refractivity contribution in [1.82, 2.24) is 20.2 Å². The molecule has 29 heavy (non-hydrogen) atoms. The third kappa shape index (κ3) is 5.71. The molecule has 0 aliphatic carbocycles. The highest BCUT2D eigenvalue weighted by atomic mass is 16.5. The molecule has 0 saturated carbocycles. The lowest BCUT2D eigenvalue weighted by Crippen LogP contribution is -2.53. The zero-order valence-electron chi connectivity index (χ0n) is 17.2. The number of carbonyl (C=O) groups excluding carboxylic acids is 1. The lowest BCUT2D eigenvalue weighted by molar-refractivity contribution is -0.136. The van der Waals surface area contributed by atoms with Crippen molar-refractivity contribution in [2.24, 2.45) is 5.92 Å². The number of hydrogen-bond acceptors (Lipinski definition) is 6. The second-order valence-electron chi connectivity index (χ2n) is 8.08. The number of carbonyl (C=O) groups is 2. The predicted molar refractivity (Wildman–Crippen MR) is 108 cm³/mol. The van der Waals surface area contributed by atoms with Crippen LogP contribution in [0.3, 0.4) is 0 Å². The first kappa shape index (κ1) is 21.1. The molecule has 0 aromatic carbocycles. The molecule has 0 spiro atoms. The van der Waals surface area contributed by atoms with Crippen LogP contribution in [0.1, 0.15) is 46.0 Å². The normalized spacial score (nSPS) is 19.1. The highest BCUT2D eigenvalue weighted by molar-refractivity contribution is 5.85. The topological polar surface area (TPSA) is 108 Å². The SMILES string of the molecule is CC(C)[C@H](NC(=O)O)C(=O)N1CCC(Oc2cnc(N3CCCCC3)nc2)CC1. The molecule has 3 rings (SSSR count). The van der Waals surface area contributed by atoms with Gasteiger partial charge in [0, 0.05) is 39.0 Å². The first-order chi connectivity index (χ1) is 13.9. The van der Waals surface area contributed by atoms with E-state index in [4.69, 9.17) is 9.84 Å². The first-order valence-electron chi connectivity index (χ1n) is 10.5. The quantitative estimate of drug-likeness (QED) is 0.746. The molecule has 9 nitrogen and oxygen atoms in total. The van der Waals surface area contributed by atoms with E-state index in [1.807, 2.05) is 13.8 Å². The molecule has 160 valence electrons. The molecule has 3 heterocycles. The van der Waals surface area contributed by atoms with Gasteiger partial charge in [0.2, 0.25) is 11.9 Å². The number of ether oxygens (including phenoxy) is 1. The lowest BCUT2D eigenvalue weighted by atomic mass is 10.0. The van der Waals surface area contributed by atoms with Crippen molar-refractivity contribution in [3.8, 4) is 5.75 Å². The summed E-state index contributed by atoms with van der Waals surface area (Å²) >= 11 is 0. The van der Waals surface area contributed by atoms with Gasteiger partial charge in [0.25, 0.3) is 0 Å². The van der Waals surface area contributed by atoms with Crippen LogP contribution in [0, 0.1) is 5.92 Å². The summed E-state index contributed by atoms with van der Waals surface area (Å²) in [6.07, 6.45) is 7.27. The standard InChI is InChI=1S/C20H31N5O4/c1-14(2)17(23-20(27)28)18(26)24-10-6-15(7-11-24)29-16-12-21-19(22-13-16)25-8-4-3-5-9-25/h12-15,17,23H,3-11H2,1-2H3,(H,27,28)/t17-/m0/s1. The molecule has 2 aliphatic rings. The maximum atomic E-state index is 12.7. The Kier molecular flexibility index (Phi) is 7.11. The summed E-state index contributed by atoms with van der Waals surface area (Å²) in [6, 6.07) is -0.722. The summed E-state index contributed by atoms with van der Waals surface area (Å²) < 4.78 is 6.01. The zero-order valence-corrected chi connectivity index (χ0v) is 17.2. The Bertz CT molecular complexity index is 683. The van der Waals surface area contributed by atoms with Crippen molar-refractivity contribution >= 4 is 17.9 Å². The Morgan fingerprint density at radius 1 is 1.10 bits per heavy atom. The van der Waals surface area contributed by atoms with E-state index in [9.17, 15) is 9.59 Å². The molecular weight excluding hydrogens is 374 g/mol. The van der Waals surface area contributed by atoms with Gasteiger partial charge >= 0.3 is 6.09 Å². The van der Waals surface area contributed by atoms with Gasteiger partial charge in [-0.3, -0.25) is 4.79 Å². The van der Waals surface area contributed by atoms with E-state index in [1.165, 1.54) is 19.3 Å².